The molecule has 0 aliphatic carbocycles. The molecule has 0 aliphatic heterocycles. The molecule has 0 aliphatic rings. The fourth-order valence-electron chi connectivity index (χ4n) is 1.52. The monoisotopic (exact) mass is 282 g/mol. The van der Waals surface area contributed by atoms with Gasteiger partial charge < -0.3 is 15.7 Å². The standard InChI is InChI=1S/C14H19FN2O3/c1-3-9(2)17-13(19)6-7-16-14(20)11-8-10(15)4-5-12(11)18/h4-5,8-9,18H,3,6-7H2,1-2H3,(H,16,20)(H,17,19). The van der Waals surface area contributed by atoms with Gasteiger partial charge in [-0.25, -0.2) is 4.39 Å². The number of benzene rings is 1. The van der Waals surface area contributed by atoms with Crippen molar-refractivity contribution in [2.24, 2.45) is 0 Å². The van der Waals surface area contributed by atoms with Crippen molar-refractivity contribution < 1.29 is 19.1 Å². The number of nitrogens with one attached hydrogen (secondary N) is 2. The summed E-state index contributed by atoms with van der Waals surface area (Å²) in [6.45, 7) is 3.97. The maximum atomic E-state index is 13.0. The summed E-state index contributed by atoms with van der Waals surface area (Å²) in [5, 5.41) is 14.7. The van der Waals surface area contributed by atoms with Crippen LogP contribution in [0.15, 0.2) is 18.2 Å². The molecule has 1 atom stereocenters. The highest BCUT2D eigenvalue weighted by atomic mass is 19.1. The van der Waals surface area contributed by atoms with Gasteiger partial charge in [-0.2, -0.15) is 0 Å². The van der Waals surface area contributed by atoms with Gasteiger partial charge in [0.25, 0.3) is 5.91 Å². The Labute approximate surface area is 117 Å². The lowest BCUT2D eigenvalue weighted by atomic mass is 10.2. The number of carbonyl (C=O) groups is 2. The first-order valence-corrected chi connectivity index (χ1v) is 6.50. The Morgan fingerprint density at radius 2 is 2.10 bits per heavy atom. The van der Waals surface area contributed by atoms with Crippen molar-refractivity contribution in [3.8, 4) is 5.75 Å². The zero-order valence-electron chi connectivity index (χ0n) is 11.6. The van der Waals surface area contributed by atoms with E-state index in [1.54, 1.807) is 0 Å². The van der Waals surface area contributed by atoms with Crippen LogP contribution in [0.1, 0.15) is 37.0 Å². The number of rotatable bonds is 6. The SMILES string of the molecule is CCC(C)NC(=O)CCNC(=O)c1cc(F)ccc1O. The lowest BCUT2D eigenvalue weighted by Gasteiger charge is -2.11. The number of amides is 2. The number of halogens is 1. The molecule has 2 amide bonds. The highest BCUT2D eigenvalue weighted by Crippen LogP contribution is 2.17. The minimum atomic E-state index is -0.613. The van der Waals surface area contributed by atoms with Gasteiger partial charge in [0, 0.05) is 19.0 Å². The van der Waals surface area contributed by atoms with Crippen LogP contribution >= 0.6 is 0 Å². The van der Waals surface area contributed by atoms with Gasteiger partial charge in [0.05, 0.1) is 5.56 Å². The van der Waals surface area contributed by atoms with Crippen LogP contribution in [-0.2, 0) is 4.79 Å². The van der Waals surface area contributed by atoms with Gasteiger partial charge in [-0.3, -0.25) is 9.59 Å². The number of carbonyl (C=O) groups excluding carboxylic acids is 2. The van der Waals surface area contributed by atoms with Crippen LogP contribution in [0.5, 0.6) is 5.75 Å². The fourth-order valence-corrected chi connectivity index (χ4v) is 1.52. The van der Waals surface area contributed by atoms with Crippen molar-refractivity contribution in [3.05, 3.63) is 29.6 Å². The number of hydrogen-bond donors (Lipinski definition) is 3. The normalized spacial score (nSPS) is 11.8. The van der Waals surface area contributed by atoms with Gasteiger partial charge in [-0.1, -0.05) is 6.92 Å². The van der Waals surface area contributed by atoms with E-state index < -0.39 is 11.7 Å². The highest BCUT2D eigenvalue weighted by Gasteiger charge is 2.12. The molecule has 0 saturated carbocycles. The third kappa shape index (κ3) is 4.87. The van der Waals surface area contributed by atoms with E-state index in [1.165, 1.54) is 0 Å². The van der Waals surface area contributed by atoms with E-state index in [4.69, 9.17) is 0 Å². The maximum absolute atomic E-state index is 13.0. The summed E-state index contributed by atoms with van der Waals surface area (Å²) in [6, 6.07) is 3.21. The van der Waals surface area contributed by atoms with E-state index in [1.807, 2.05) is 13.8 Å². The second kappa shape index (κ2) is 7.47. The molecule has 0 fully saturated rings. The number of phenols is 1. The van der Waals surface area contributed by atoms with Crippen LogP contribution in [-0.4, -0.2) is 29.5 Å². The number of hydrogen-bond acceptors (Lipinski definition) is 3. The summed E-state index contributed by atoms with van der Waals surface area (Å²) in [4.78, 5) is 23.2. The minimum absolute atomic E-state index is 0.0884. The van der Waals surface area contributed by atoms with E-state index in [2.05, 4.69) is 10.6 Å². The number of phenolic OH excluding ortho intramolecular Hbond substituents is 1. The van der Waals surface area contributed by atoms with Crippen LogP contribution in [0.25, 0.3) is 0 Å². The third-order valence-electron chi connectivity index (χ3n) is 2.86. The Morgan fingerprint density at radius 1 is 1.40 bits per heavy atom. The molecule has 0 bridgehead atoms. The lowest BCUT2D eigenvalue weighted by Crippen LogP contribution is -2.35. The average Bonchev–Trinajstić information content (AvgIpc) is 2.41. The molecule has 3 N–H and O–H groups in total. The van der Waals surface area contributed by atoms with Gasteiger partial charge in [0.1, 0.15) is 11.6 Å². The Bertz CT molecular complexity index is 491. The van der Waals surface area contributed by atoms with E-state index >= 15 is 0 Å². The summed E-state index contributed by atoms with van der Waals surface area (Å²) >= 11 is 0. The molecular weight excluding hydrogens is 263 g/mol. The van der Waals surface area contributed by atoms with Crippen molar-refractivity contribution in [1.82, 2.24) is 10.6 Å². The fraction of sp³-hybridized carbons (Fsp3) is 0.429. The van der Waals surface area contributed by atoms with Crippen molar-refractivity contribution in [2.75, 3.05) is 6.54 Å². The molecule has 0 spiro atoms. The predicted molar refractivity (Wildman–Crippen MR) is 72.9 cm³/mol. The minimum Gasteiger partial charge on any atom is -0.507 e. The van der Waals surface area contributed by atoms with E-state index in [-0.39, 0.29) is 36.2 Å². The van der Waals surface area contributed by atoms with Crippen molar-refractivity contribution >= 4 is 11.8 Å². The first kappa shape index (κ1) is 15.9. The average molecular weight is 282 g/mol. The van der Waals surface area contributed by atoms with Crippen LogP contribution in [0.3, 0.4) is 0 Å². The highest BCUT2D eigenvalue weighted by molar-refractivity contribution is 5.97. The van der Waals surface area contributed by atoms with Crippen LogP contribution in [0.2, 0.25) is 0 Å². The van der Waals surface area contributed by atoms with E-state index in [0.717, 1.165) is 24.6 Å². The molecule has 6 heteroatoms. The Hall–Kier alpha value is -2.11. The predicted octanol–water partition coefficient (Wildman–Crippen LogP) is 1.57. The van der Waals surface area contributed by atoms with Crippen molar-refractivity contribution in [3.63, 3.8) is 0 Å². The largest absolute Gasteiger partial charge is 0.507 e. The van der Waals surface area contributed by atoms with Crippen LogP contribution in [0, 0.1) is 5.82 Å². The molecule has 5 nitrogen and oxygen atoms in total. The maximum Gasteiger partial charge on any atom is 0.255 e. The molecule has 20 heavy (non-hydrogen) atoms. The van der Waals surface area contributed by atoms with Crippen LogP contribution < -0.4 is 10.6 Å². The van der Waals surface area contributed by atoms with Gasteiger partial charge in [-0.15, -0.1) is 0 Å². The first-order valence-electron chi connectivity index (χ1n) is 6.50. The van der Waals surface area contributed by atoms with E-state index in [9.17, 15) is 19.1 Å². The summed E-state index contributed by atoms with van der Waals surface area (Å²) in [7, 11) is 0. The molecule has 0 saturated heterocycles. The molecule has 1 rings (SSSR count). The zero-order chi connectivity index (χ0) is 15.1. The Morgan fingerprint density at radius 3 is 2.75 bits per heavy atom. The first-order chi connectivity index (χ1) is 9.43. The van der Waals surface area contributed by atoms with Crippen molar-refractivity contribution in [1.29, 1.82) is 0 Å². The summed E-state index contributed by atoms with van der Waals surface area (Å²) in [5.74, 6) is -1.68. The molecule has 0 aromatic heterocycles. The summed E-state index contributed by atoms with van der Waals surface area (Å²) < 4.78 is 13.0. The van der Waals surface area contributed by atoms with Crippen LogP contribution in [0.4, 0.5) is 4.39 Å². The molecule has 1 aromatic rings. The topological polar surface area (TPSA) is 78.4 Å². The van der Waals surface area contributed by atoms with Crippen molar-refractivity contribution in [2.45, 2.75) is 32.7 Å². The second-order valence-electron chi connectivity index (χ2n) is 4.54. The third-order valence-corrected chi connectivity index (χ3v) is 2.86. The second-order valence-corrected chi connectivity index (χ2v) is 4.54. The summed E-state index contributed by atoms with van der Waals surface area (Å²) in [6.07, 6.45) is 0.960. The van der Waals surface area contributed by atoms with Gasteiger partial charge in [0.15, 0.2) is 0 Å². The smallest absolute Gasteiger partial charge is 0.255 e. The molecule has 110 valence electrons. The summed E-state index contributed by atoms with van der Waals surface area (Å²) in [5.41, 5.74) is -0.146. The molecular formula is C14H19FN2O3. The lowest BCUT2D eigenvalue weighted by molar-refractivity contribution is -0.121. The van der Waals surface area contributed by atoms with Gasteiger partial charge in [0.2, 0.25) is 5.91 Å². The van der Waals surface area contributed by atoms with E-state index in [0.29, 0.717) is 0 Å². The molecule has 0 heterocycles. The quantitative estimate of drug-likeness (QED) is 0.741. The Kier molecular flexibility index (Phi) is 5.96. The van der Waals surface area contributed by atoms with Gasteiger partial charge in [-0.05, 0) is 31.5 Å². The number of aromatic hydroxyl groups is 1. The molecule has 1 unspecified atom stereocenters. The van der Waals surface area contributed by atoms with Gasteiger partial charge >= 0.3 is 0 Å². The molecule has 0 radical (unpaired) electrons. The Balaban J connectivity index is 2.44. The zero-order valence-corrected chi connectivity index (χ0v) is 11.6. The molecule has 1 aromatic carbocycles.